The van der Waals surface area contributed by atoms with Crippen LogP contribution in [0.25, 0.3) is 0 Å². The number of nitrogens with zero attached hydrogens (tertiary/aromatic N) is 2. The molecule has 1 atom stereocenters. The highest BCUT2D eigenvalue weighted by atomic mass is 16.4. The Balaban J connectivity index is 2.20. The molecular formula is C15H31N3O2. The van der Waals surface area contributed by atoms with Crippen LogP contribution in [0.1, 0.15) is 39.0 Å². The lowest BCUT2D eigenvalue weighted by Gasteiger charge is -2.27. The van der Waals surface area contributed by atoms with Crippen molar-refractivity contribution in [1.29, 1.82) is 0 Å². The Morgan fingerprint density at radius 2 is 1.80 bits per heavy atom. The van der Waals surface area contributed by atoms with Gasteiger partial charge in [-0.1, -0.05) is 0 Å². The van der Waals surface area contributed by atoms with Crippen molar-refractivity contribution >= 4 is 5.97 Å². The predicted molar refractivity (Wildman–Crippen MR) is 82.1 cm³/mol. The molecule has 0 amide bonds. The maximum Gasteiger partial charge on any atom is 0.323 e. The second-order valence-electron chi connectivity index (χ2n) is 6.62. The first kappa shape index (κ1) is 17.4. The van der Waals surface area contributed by atoms with E-state index in [2.05, 4.69) is 36.3 Å². The standard InChI is InChI=1S/C15H31N3O2/c1-15(14(19)20,16-13-7-8-13)9-5-11-18(4)12-6-10-17(2)3/h13,16H,5-12H2,1-4H3,(H,19,20). The van der Waals surface area contributed by atoms with Crippen LogP contribution in [0, 0.1) is 0 Å². The maximum atomic E-state index is 11.4. The van der Waals surface area contributed by atoms with Gasteiger partial charge >= 0.3 is 5.97 Å². The Hall–Kier alpha value is -0.650. The molecule has 20 heavy (non-hydrogen) atoms. The highest BCUT2D eigenvalue weighted by Crippen LogP contribution is 2.25. The van der Waals surface area contributed by atoms with E-state index in [1.807, 2.05) is 6.92 Å². The van der Waals surface area contributed by atoms with Crippen LogP contribution in [-0.2, 0) is 4.79 Å². The van der Waals surface area contributed by atoms with E-state index in [9.17, 15) is 9.90 Å². The molecule has 0 spiro atoms. The molecule has 1 saturated carbocycles. The zero-order chi connectivity index (χ0) is 15.2. The van der Waals surface area contributed by atoms with Gasteiger partial charge in [0.2, 0.25) is 0 Å². The van der Waals surface area contributed by atoms with E-state index in [1.54, 1.807) is 0 Å². The minimum absolute atomic E-state index is 0.425. The molecule has 0 aromatic carbocycles. The van der Waals surface area contributed by atoms with Crippen LogP contribution >= 0.6 is 0 Å². The van der Waals surface area contributed by atoms with Gasteiger partial charge < -0.3 is 14.9 Å². The van der Waals surface area contributed by atoms with Gasteiger partial charge in [-0.15, -0.1) is 0 Å². The minimum atomic E-state index is -0.758. The lowest BCUT2D eigenvalue weighted by atomic mass is 9.95. The third kappa shape index (κ3) is 6.68. The summed E-state index contributed by atoms with van der Waals surface area (Å²) >= 11 is 0. The van der Waals surface area contributed by atoms with Crippen molar-refractivity contribution in [3.63, 3.8) is 0 Å². The fraction of sp³-hybridized carbons (Fsp3) is 0.933. The fourth-order valence-corrected chi connectivity index (χ4v) is 2.39. The molecule has 0 aromatic heterocycles. The van der Waals surface area contributed by atoms with Crippen LogP contribution < -0.4 is 5.32 Å². The summed E-state index contributed by atoms with van der Waals surface area (Å²) < 4.78 is 0. The first-order valence-corrected chi connectivity index (χ1v) is 7.68. The van der Waals surface area contributed by atoms with Crippen LogP contribution in [0.4, 0.5) is 0 Å². The Kier molecular flexibility index (Phi) is 6.92. The molecule has 2 N–H and O–H groups in total. The Bertz CT molecular complexity index is 305. The number of hydrogen-bond acceptors (Lipinski definition) is 4. The number of carbonyl (C=O) groups is 1. The van der Waals surface area contributed by atoms with Gasteiger partial charge in [-0.25, -0.2) is 0 Å². The fourth-order valence-electron chi connectivity index (χ4n) is 2.39. The third-order valence-corrected chi connectivity index (χ3v) is 3.93. The quantitative estimate of drug-likeness (QED) is 0.598. The molecule has 0 saturated heterocycles. The second-order valence-corrected chi connectivity index (χ2v) is 6.62. The first-order chi connectivity index (χ1) is 9.33. The third-order valence-electron chi connectivity index (χ3n) is 3.93. The van der Waals surface area contributed by atoms with E-state index in [1.165, 1.54) is 0 Å². The average Bonchev–Trinajstić information content (AvgIpc) is 3.12. The van der Waals surface area contributed by atoms with Crippen LogP contribution in [0.15, 0.2) is 0 Å². The molecule has 1 fully saturated rings. The van der Waals surface area contributed by atoms with E-state index in [0.717, 1.165) is 45.3 Å². The molecule has 5 nitrogen and oxygen atoms in total. The molecule has 0 aromatic rings. The topological polar surface area (TPSA) is 55.8 Å². The van der Waals surface area contributed by atoms with Gasteiger partial charge in [0.25, 0.3) is 0 Å². The SMILES string of the molecule is CN(C)CCCN(C)CCCC(C)(NC1CC1)C(=O)O. The Morgan fingerprint density at radius 1 is 1.20 bits per heavy atom. The van der Waals surface area contributed by atoms with E-state index >= 15 is 0 Å². The number of carboxylic acids is 1. The normalized spacial score (nSPS) is 18.5. The number of carboxylic acid groups (broad SMARTS) is 1. The van der Waals surface area contributed by atoms with Crippen molar-refractivity contribution in [2.45, 2.75) is 50.6 Å². The van der Waals surface area contributed by atoms with E-state index < -0.39 is 11.5 Å². The summed E-state index contributed by atoms with van der Waals surface area (Å²) in [6.45, 7) is 4.95. The summed E-state index contributed by atoms with van der Waals surface area (Å²) in [5.41, 5.74) is -0.758. The zero-order valence-corrected chi connectivity index (χ0v) is 13.5. The summed E-state index contributed by atoms with van der Waals surface area (Å²) in [7, 11) is 6.28. The lowest BCUT2D eigenvalue weighted by molar-refractivity contribution is -0.144. The monoisotopic (exact) mass is 285 g/mol. The molecule has 0 heterocycles. The van der Waals surface area contributed by atoms with Gasteiger partial charge in [-0.05, 0) is 79.8 Å². The average molecular weight is 285 g/mol. The summed E-state index contributed by atoms with van der Waals surface area (Å²) in [5, 5.41) is 12.7. The molecule has 1 rings (SSSR count). The summed E-state index contributed by atoms with van der Waals surface area (Å²) in [6, 6.07) is 0.425. The van der Waals surface area contributed by atoms with Crippen molar-refractivity contribution in [1.82, 2.24) is 15.1 Å². The minimum Gasteiger partial charge on any atom is -0.480 e. The highest BCUT2D eigenvalue weighted by molar-refractivity contribution is 5.78. The number of hydrogen-bond donors (Lipinski definition) is 2. The molecule has 1 unspecified atom stereocenters. The summed E-state index contributed by atoms with van der Waals surface area (Å²) in [4.78, 5) is 15.9. The molecular weight excluding hydrogens is 254 g/mol. The highest BCUT2D eigenvalue weighted by Gasteiger charge is 2.37. The van der Waals surface area contributed by atoms with Crippen molar-refractivity contribution in [3.05, 3.63) is 0 Å². The van der Waals surface area contributed by atoms with Crippen LogP contribution in [-0.4, -0.2) is 73.2 Å². The summed E-state index contributed by atoms with van der Waals surface area (Å²) in [5.74, 6) is -0.723. The predicted octanol–water partition coefficient (Wildman–Crippen LogP) is 1.25. The van der Waals surface area contributed by atoms with E-state index in [4.69, 9.17) is 0 Å². The molecule has 0 aliphatic heterocycles. The molecule has 1 aliphatic rings. The maximum absolute atomic E-state index is 11.4. The Labute approximate surface area is 123 Å². The van der Waals surface area contributed by atoms with Crippen LogP contribution in [0.2, 0.25) is 0 Å². The molecule has 118 valence electrons. The zero-order valence-electron chi connectivity index (χ0n) is 13.5. The second kappa shape index (κ2) is 7.96. The van der Waals surface area contributed by atoms with Crippen molar-refractivity contribution < 1.29 is 9.90 Å². The smallest absolute Gasteiger partial charge is 0.323 e. The van der Waals surface area contributed by atoms with Gasteiger partial charge in [0.15, 0.2) is 0 Å². The van der Waals surface area contributed by atoms with Crippen molar-refractivity contribution in [3.8, 4) is 0 Å². The van der Waals surface area contributed by atoms with E-state index in [-0.39, 0.29) is 0 Å². The van der Waals surface area contributed by atoms with Gasteiger partial charge in [0.05, 0.1) is 0 Å². The van der Waals surface area contributed by atoms with Gasteiger partial charge in [-0.2, -0.15) is 0 Å². The Morgan fingerprint density at radius 3 is 2.30 bits per heavy atom. The molecule has 0 radical (unpaired) electrons. The number of rotatable bonds is 11. The van der Waals surface area contributed by atoms with Crippen molar-refractivity contribution in [2.24, 2.45) is 0 Å². The van der Waals surface area contributed by atoms with Gasteiger partial charge in [-0.3, -0.25) is 10.1 Å². The number of aliphatic carboxylic acids is 1. The largest absolute Gasteiger partial charge is 0.480 e. The molecule has 0 bridgehead atoms. The van der Waals surface area contributed by atoms with E-state index in [0.29, 0.717) is 12.5 Å². The first-order valence-electron chi connectivity index (χ1n) is 7.68. The van der Waals surface area contributed by atoms with Crippen LogP contribution in [0.5, 0.6) is 0 Å². The summed E-state index contributed by atoms with van der Waals surface area (Å²) in [6.07, 6.45) is 5.00. The lowest BCUT2D eigenvalue weighted by Crippen LogP contribution is -2.50. The van der Waals surface area contributed by atoms with Crippen molar-refractivity contribution in [2.75, 3.05) is 40.8 Å². The van der Waals surface area contributed by atoms with Crippen LogP contribution in [0.3, 0.4) is 0 Å². The molecule has 5 heteroatoms. The van der Waals surface area contributed by atoms with Gasteiger partial charge in [0.1, 0.15) is 5.54 Å². The number of nitrogens with one attached hydrogen (secondary N) is 1. The molecule has 1 aliphatic carbocycles. The van der Waals surface area contributed by atoms with Gasteiger partial charge in [0, 0.05) is 6.04 Å².